The second-order valence-corrected chi connectivity index (χ2v) is 5.82. The predicted octanol–water partition coefficient (Wildman–Crippen LogP) is 4.75. The Morgan fingerprint density at radius 3 is 2.62 bits per heavy atom. The van der Waals surface area contributed by atoms with Crippen LogP contribution < -0.4 is 0 Å². The lowest BCUT2D eigenvalue weighted by molar-refractivity contribution is 0.832. The van der Waals surface area contributed by atoms with Crippen LogP contribution in [-0.2, 0) is 6.54 Å². The zero-order valence-electron chi connectivity index (χ0n) is 13.2. The fourth-order valence-electron chi connectivity index (χ4n) is 3.07. The quantitative estimate of drug-likeness (QED) is 0.543. The van der Waals surface area contributed by atoms with Crippen molar-refractivity contribution < 1.29 is 0 Å². The van der Waals surface area contributed by atoms with Crippen LogP contribution >= 0.6 is 0 Å². The number of hydrogen-bond acceptors (Lipinski definition) is 2. The minimum Gasteiger partial charge on any atom is -0.343 e. The Morgan fingerprint density at radius 1 is 0.917 bits per heavy atom. The number of aromatic nitrogens is 2. The van der Waals surface area contributed by atoms with E-state index < -0.39 is 0 Å². The molecule has 1 N–H and O–H groups in total. The van der Waals surface area contributed by atoms with E-state index in [0.717, 1.165) is 34.1 Å². The molecular formula is C21H17N3. The third kappa shape index (κ3) is 2.61. The molecule has 0 radical (unpaired) electrons. The molecule has 0 unspecified atom stereocenters. The largest absolute Gasteiger partial charge is 0.343 e. The van der Waals surface area contributed by atoms with E-state index in [9.17, 15) is 0 Å². The van der Waals surface area contributed by atoms with E-state index in [4.69, 9.17) is 5.41 Å². The van der Waals surface area contributed by atoms with Gasteiger partial charge in [0.1, 0.15) is 0 Å². The number of fused-ring (bicyclic) bond motifs is 1. The van der Waals surface area contributed by atoms with E-state index in [2.05, 4.69) is 46.1 Å². The van der Waals surface area contributed by atoms with Crippen LogP contribution in [0.4, 0.5) is 0 Å². The van der Waals surface area contributed by atoms with Gasteiger partial charge in [-0.3, -0.25) is 4.98 Å². The van der Waals surface area contributed by atoms with Gasteiger partial charge in [-0.2, -0.15) is 0 Å². The van der Waals surface area contributed by atoms with E-state index in [1.807, 2.05) is 42.7 Å². The van der Waals surface area contributed by atoms with Crippen LogP contribution in [0.15, 0.2) is 79.3 Å². The van der Waals surface area contributed by atoms with Gasteiger partial charge in [0.25, 0.3) is 0 Å². The molecule has 3 nitrogen and oxygen atoms in total. The third-order valence-corrected chi connectivity index (χ3v) is 4.26. The first-order valence-electron chi connectivity index (χ1n) is 7.93. The highest BCUT2D eigenvalue weighted by Gasteiger charge is 2.06. The van der Waals surface area contributed by atoms with E-state index in [0.29, 0.717) is 0 Å². The number of nitrogens with one attached hydrogen (secondary N) is 1. The molecule has 0 saturated carbocycles. The Bertz CT molecular complexity index is 1000. The molecule has 0 spiro atoms. The predicted molar refractivity (Wildman–Crippen MR) is 98.6 cm³/mol. The zero-order chi connectivity index (χ0) is 16.4. The first-order chi connectivity index (χ1) is 11.8. The van der Waals surface area contributed by atoms with Crippen LogP contribution in [0.5, 0.6) is 0 Å². The molecule has 0 bridgehead atoms. The minimum absolute atomic E-state index is 0.763. The molecule has 2 aromatic heterocycles. The maximum atomic E-state index is 7.54. The Labute approximate surface area is 140 Å². The highest BCUT2D eigenvalue weighted by molar-refractivity contribution is 5.97. The molecule has 4 rings (SSSR count). The standard InChI is InChI=1S/C21H17N3/c22-12-18-7-4-8-21-20(18)9-10-24(21)15-16-11-19(14-23-13-16)17-5-2-1-3-6-17/h1-14,22H,15H2. The molecule has 0 saturated heterocycles. The zero-order valence-corrected chi connectivity index (χ0v) is 13.2. The SMILES string of the molecule is N=Cc1cccc2c1ccn2Cc1cncc(-c2ccccc2)c1. The summed E-state index contributed by atoms with van der Waals surface area (Å²) in [5.74, 6) is 0. The van der Waals surface area contributed by atoms with Crippen molar-refractivity contribution in [2.75, 3.05) is 0 Å². The van der Waals surface area contributed by atoms with E-state index in [-0.39, 0.29) is 0 Å². The number of hydrogen-bond donors (Lipinski definition) is 1. The molecule has 0 fully saturated rings. The van der Waals surface area contributed by atoms with Crippen molar-refractivity contribution in [1.29, 1.82) is 5.41 Å². The van der Waals surface area contributed by atoms with Crippen molar-refractivity contribution in [2.45, 2.75) is 6.54 Å². The summed E-state index contributed by atoms with van der Waals surface area (Å²) in [5, 5.41) is 8.65. The fraction of sp³-hybridized carbons (Fsp3) is 0.0476. The molecule has 2 heterocycles. The summed E-state index contributed by atoms with van der Waals surface area (Å²) in [6.07, 6.45) is 7.30. The van der Waals surface area contributed by atoms with Crippen LogP contribution in [0.2, 0.25) is 0 Å². The normalized spacial score (nSPS) is 10.8. The van der Waals surface area contributed by atoms with Gasteiger partial charge >= 0.3 is 0 Å². The van der Waals surface area contributed by atoms with Crippen LogP contribution in [-0.4, -0.2) is 15.8 Å². The topological polar surface area (TPSA) is 41.7 Å². The summed E-state index contributed by atoms with van der Waals surface area (Å²) in [5.41, 5.74) is 5.55. The fourth-order valence-corrected chi connectivity index (χ4v) is 3.07. The van der Waals surface area contributed by atoms with Gasteiger partial charge in [-0.1, -0.05) is 42.5 Å². The monoisotopic (exact) mass is 311 g/mol. The average molecular weight is 311 g/mol. The van der Waals surface area contributed by atoms with Gasteiger partial charge in [-0.25, -0.2) is 0 Å². The summed E-state index contributed by atoms with van der Waals surface area (Å²) in [6.45, 7) is 0.763. The summed E-state index contributed by atoms with van der Waals surface area (Å²) < 4.78 is 2.20. The van der Waals surface area contributed by atoms with E-state index in [1.54, 1.807) is 0 Å². The van der Waals surface area contributed by atoms with Gasteiger partial charge in [0, 0.05) is 53.4 Å². The number of nitrogens with zero attached hydrogens (tertiary/aromatic N) is 2. The van der Waals surface area contributed by atoms with Crippen molar-refractivity contribution in [3.8, 4) is 11.1 Å². The van der Waals surface area contributed by atoms with Crippen LogP contribution in [0.3, 0.4) is 0 Å². The van der Waals surface area contributed by atoms with Crippen LogP contribution in [0, 0.1) is 5.41 Å². The van der Waals surface area contributed by atoms with Crippen molar-refractivity contribution in [2.24, 2.45) is 0 Å². The molecule has 0 aliphatic carbocycles. The van der Waals surface area contributed by atoms with Crippen molar-refractivity contribution in [3.05, 3.63) is 90.4 Å². The molecule has 24 heavy (non-hydrogen) atoms. The Hall–Kier alpha value is -3.20. The third-order valence-electron chi connectivity index (χ3n) is 4.26. The first kappa shape index (κ1) is 14.4. The van der Waals surface area contributed by atoms with Crippen molar-refractivity contribution >= 4 is 17.1 Å². The molecule has 0 atom stereocenters. The average Bonchev–Trinajstić information content (AvgIpc) is 3.06. The molecule has 0 amide bonds. The van der Waals surface area contributed by atoms with Gasteiger partial charge in [-0.05, 0) is 29.3 Å². The van der Waals surface area contributed by atoms with Crippen LogP contribution in [0.25, 0.3) is 22.0 Å². The smallest absolute Gasteiger partial charge is 0.0491 e. The summed E-state index contributed by atoms with van der Waals surface area (Å²) >= 11 is 0. The molecule has 0 aliphatic heterocycles. The summed E-state index contributed by atoms with van der Waals surface area (Å²) in [7, 11) is 0. The van der Waals surface area contributed by atoms with Crippen molar-refractivity contribution in [1.82, 2.24) is 9.55 Å². The summed E-state index contributed by atoms with van der Waals surface area (Å²) in [4.78, 5) is 4.41. The Kier molecular flexibility index (Phi) is 3.67. The number of benzene rings is 2. The van der Waals surface area contributed by atoms with Crippen molar-refractivity contribution in [3.63, 3.8) is 0 Å². The molecule has 0 aliphatic rings. The molecular weight excluding hydrogens is 294 g/mol. The van der Waals surface area contributed by atoms with Gasteiger partial charge in [-0.15, -0.1) is 0 Å². The minimum atomic E-state index is 0.763. The number of pyridine rings is 1. The van der Waals surface area contributed by atoms with Gasteiger partial charge in [0.2, 0.25) is 0 Å². The lowest BCUT2D eigenvalue weighted by Crippen LogP contribution is -1.99. The van der Waals surface area contributed by atoms with E-state index >= 15 is 0 Å². The molecule has 4 aromatic rings. The van der Waals surface area contributed by atoms with Crippen LogP contribution in [0.1, 0.15) is 11.1 Å². The maximum Gasteiger partial charge on any atom is 0.0491 e. The first-order valence-corrected chi connectivity index (χ1v) is 7.93. The Morgan fingerprint density at radius 2 is 1.79 bits per heavy atom. The second-order valence-electron chi connectivity index (χ2n) is 5.82. The summed E-state index contributed by atoms with van der Waals surface area (Å²) in [6, 6.07) is 20.6. The lowest BCUT2D eigenvalue weighted by atomic mass is 10.1. The lowest BCUT2D eigenvalue weighted by Gasteiger charge is -2.08. The van der Waals surface area contributed by atoms with E-state index in [1.165, 1.54) is 11.8 Å². The highest BCUT2D eigenvalue weighted by Crippen LogP contribution is 2.22. The number of rotatable bonds is 4. The van der Waals surface area contributed by atoms with Gasteiger partial charge < -0.3 is 9.98 Å². The highest BCUT2D eigenvalue weighted by atomic mass is 15.0. The van der Waals surface area contributed by atoms with Gasteiger partial charge in [0.15, 0.2) is 0 Å². The second kappa shape index (κ2) is 6.13. The maximum absolute atomic E-state index is 7.54. The molecule has 116 valence electrons. The van der Waals surface area contributed by atoms with Gasteiger partial charge in [0.05, 0.1) is 0 Å². The molecule has 3 heteroatoms. The Balaban J connectivity index is 1.70. The molecule has 2 aromatic carbocycles.